The van der Waals surface area contributed by atoms with E-state index in [0.29, 0.717) is 19.3 Å². The second-order valence-corrected chi connectivity index (χ2v) is 10.5. The summed E-state index contributed by atoms with van der Waals surface area (Å²) in [4.78, 5) is 19.7. The minimum absolute atomic E-state index is 0.110. The van der Waals surface area contributed by atoms with Crippen molar-refractivity contribution in [2.75, 3.05) is 63.9 Å². The van der Waals surface area contributed by atoms with Crippen LogP contribution in [-0.2, 0) is 17.6 Å². The van der Waals surface area contributed by atoms with Crippen LogP contribution in [0.5, 0.6) is 0 Å². The van der Waals surface area contributed by atoms with Crippen molar-refractivity contribution in [3.63, 3.8) is 0 Å². The van der Waals surface area contributed by atoms with E-state index in [9.17, 15) is 4.79 Å². The van der Waals surface area contributed by atoms with E-state index in [1.807, 2.05) is 4.90 Å². The molecule has 2 saturated heterocycles. The first-order chi connectivity index (χ1) is 16.3. The van der Waals surface area contributed by atoms with Gasteiger partial charge in [-0.1, -0.05) is 12.1 Å². The number of urea groups is 1. The fourth-order valence-electron chi connectivity index (χ4n) is 6.26. The Labute approximate surface area is 199 Å². The summed E-state index contributed by atoms with van der Waals surface area (Å²) in [6.07, 6.45) is 11.3. The molecular weight excluding hydrogens is 412 g/mol. The van der Waals surface area contributed by atoms with E-state index >= 15 is 0 Å². The van der Waals surface area contributed by atoms with Gasteiger partial charge in [-0.2, -0.15) is 0 Å². The van der Waals surface area contributed by atoms with Crippen molar-refractivity contribution in [1.29, 1.82) is 0 Å². The molecule has 2 heterocycles. The first-order valence-electron chi connectivity index (χ1n) is 13.5. The SMILES string of the molecule is O=C(N[C@H]1CC[C@H](CCN2CCN(c3cccc4c3CCCC4)CC2)CC1)N1CCOCC1. The number of rotatable bonds is 5. The average Bonchev–Trinajstić information content (AvgIpc) is 2.89. The molecular formula is C27H42N4O2. The van der Waals surface area contributed by atoms with E-state index < -0.39 is 0 Å². The number of hydrogen-bond donors (Lipinski definition) is 1. The predicted octanol–water partition coefficient (Wildman–Crippen LogP) is 3.68. The van der Waals surface area contributed by atoms with Gasteiger partial charge in [0.25, 0.3) is 0 Å². The van der Waals surface area contributed by atoms with Crippen LogP contribution in [0.25, 0.3) is 0 Å². The number of ether oxygens (including phenoxy) is 1. The molecule has 2 aliphatic heterocycles. The topological polar surface area (TPSA) is 48.1 Å². The Morgan fingerprint density at radius 1 is 0.939 bits per heavy atom. The van der Waals surface area contributed by atoms with E-state index in [1.54, 1.807) is 11.1 Å². The third-order valence-electron chi connectivity index (χ3n) is 8.41. The van der Waals surface area contributed by atoms with Crippen LogP contribution in [0.1, 0.15) is 56.1 Å². The van der Waals surface area contributed by atoms with Gasteiger partial charge in [0.2, 0.25) is 0 Å². The average molecular weight is 455 g/mol. The molecule has 4 aliphatic rings. The van der Waals surface area contributed by atoms with Gasteiger partial charge in [-0.3, -0.25) is 4.90 Å². The van der Waals surface area contributed by atoms with Crippen LogP contribution in [-0.4, -0.2) is 80.9 Å². The lowest BCUT2D eigenvalue weighted by Gasteiger charge is -2.39. The van der Waals surface area contributed by atoms with Crippen molar-refractivity contribution in [3.05, 3.63) is 29.3 Å². The Bertz CT molecular complexity index is 778. The number of nitrogens with one attached hydrogen (secondary N) is 1. The molecule has 6 heteroatoms. The van der Waals surface area contributed by atoms with Crippen LogP contribution < -0.4 is 10.2 Å². The zero-order valence-corrected chi connectivity index (χ0v) is 20.3. The minimum Gasteiger partial charge on any atom is -0.378 e. The van der Waals surface area contributed by atoms with Gasteiger partial charge in [0.05, 0.1) is 13.2 Å². The van der Waals surface area contributed by atoms with Crippen molar-refractivity contribution in [3.8, 4) is 0 Å². The van der Waals surface area contributed by atoms with Crippen LogP contribution in [0.3, 0.4) is 0 Å². The molecule has 1 aromatic carbocycles. The normalized spacial score (nSPS) is 26.7. The fourth-order valence-corrected chi connectivity index (χ4v) is 6.26. The second-order valence-electron chi connectivity index (χ2n) is 10.5. The summed E-state index contributed by atoms with van der Waals surface area (Å²) in [6, 6.07) is 7.44. The van der Waals surface area contributed by atoms with E-state index in [1.165, 1.54) is 70.3 Å². The van der Waals surface area contributed by atoms with E-state index in [4.69, 9.17) is 4.74 Å². The van der Waals surface area contributed by atoms with Gasteiger partial charge in [0.15, 0.2) is 0 Å². The van der Waals surface area contributed by atoms with Crippen LogP contribution in [0, 0.1) is 5.92 Å². The van der Waals surface area contributed by atoms with E-state index in [2.05, 4.69) is 33.3 Å². The largest absolute Gasteiger partial charge is 0.378 e. The van der Waals surface area contributed by atoms with E-state index in [0.717, 1.165) is 44.9 Å². The number of fused-ring (bicyclic) bond motifs is 1. The van der Waals surface area contributed by atoms with Crippen LogP contribution in [0.4, 0.5) is 10.5 Å². The molecule has 2 amide bonds. The molecule has 0 bridgehead atoms. The standard InChI is InChI=1S/C27H42N4O2/c32-27(31-18-20-33-21-19-31)28-24-10-8-22(9-11-24)12-13-29-14-16-30(17-15-29)26-7-3-5-23-4-1-2-6-25(23)26/h3,5,7,22,24H,1-2,4,6,8-21H2,(H,28,32)/t22-,24-. The molecule has 182 valence electrons. The van der Waals surface area contributed by atoms with Gasteiger partial charge in [0, 0.05) is 51.0 Å². The highest BCUT2D eigenvalue weighted by molar-refractivity contribution is 5.74. The molecule has 1 N–H and O–H groups in total. The van der Waals surface area contributed by atoms with Gasteiger partial charge in [-0.15, -0.1) is 0 Å². The summed E-state index contributed by atoms with van der Waals surface area (Å²) in [5.74, 6) is 0.820. The van der Waals surface area contributed by atoms with Crippen LogP contribution in [0.15, 0.2) is 18.2 Å². The highest BCUT2D eigenvalue weighted by atomic mass is 16.5. The number of piperazine rings is 1. The number of nitrogens with zero attached hydrogens (tertiary/aromatic N) is 3. The Kier molecular flexibility index (Phi) is 7.72. The van der Waals surface area contributed by atoms with Crippen LogP contribution in [0.2, 0.25) is 0 Å². The summed E-state index contributed by atoms with van der Waals surface area (Å²) < 4.78 is 5.35. The number of hydrogen-bond acceptors (Lipinski definition) is 4. The quantitative estimate of drug-likeness (QED) is 0.737. The summed E-state index contributed by atoms with van der Waals surface area (Å²) in [5, 5.41) is 3.27. The lowest BCUT2D eigenvalue weighted by atomic mass is 9.84. The molecule has 6 nitrogen and oxygen atoms in total. The molecule has 2 aliphatic carbocycles. The molecule has 0 unspecified atom stereocenters. The maximum absolute atomic E-state index is 12.4. The maximum atomic E-state index is 12.4. The molecule has 33 heavy (non-hydrogen) atoms. The zero-order valence-electron chi connectivity index (χ0n) is 20.3. The Balaban J connectivity index is 1.01. The summed E-state index contributed by atoms with van der Waals surface area (Å²) in [7, 11) is 0. The van der Waals surface area contributed by atoms with E-state index in [-0.39, 0.29) is 6.03 Å². The monoisotopic (exact) mass is 454 g/mol. The number of carbonyl (C=O) groups is 1. The first kappa shape index (κ1) is 23.0. The Morgan fingerprint density at radius 2 is 1.70 bits per heavy atom. The molecule has 0 atom stereocenters. The lowest BCUT2D eigenvalue weighted by molar-refractivity contribution is 0.0519. The predicted molar refractivity (Wildman–Crippen MR) is 133 cm³/mol. The van der Waals surface area contributed by atoms with Crippen molar-refractivity contribution < 1.29 is 9.53 Å². The summed E-state index contributed by atoms with van der Waals surface area (Å²) in [5.41, 5.74) is 4.75. The van der Waals surface area contributed by atoms with Crippen LogP contribution >= 0.6 is 0 Å². The number of carbonyl (C=O) groups excluding carboxylic acids is 1. The lowest BCUT2D eigenvalue weighted by Crippen LogP contribution is -2.50. The number of benzene rings is 1. The third-order valence-corrected chi connectivity index (χ3v) is 8.41. The Hall–Kier alpha value is -1.79. The number of anilines is 1. The van der Waals surface area contributed by atoms with Gasteiger partial charge >= 0.3 is 6.03 Å². The first-order valence-corrected chi connectivity index (χ1v) is 13.5. The van der Waals surface area contributed by atoms with Gasteiger partial charge in [0.1, 0.15) is 0 Å². The van der Waals surface area contributed by atoms with Crippen molar-refractivity contribution in [1.82, 2.24) is 15.1 Å². The molecule has 0 aromatic heterocycles. The van der Waals surface area contributed by atoms with Crippen molar-refractivity contribution >= 4 is 11.7 Å². The number of amides is 2. The molecule has 0 radical (unpaired) electrons. The zero-order chi connectivity index (χ0) is 22.5. The van der Waals surface area contributed by atoms with Crippen molar-refractivity contribution in [2.45, 2.75) is 63.8 Å². The molecule has 5 rings (SSSR count). The smallest absolute Gasteiger partial charge is 0.317 e. The van der Waals surface area contributed by atoms with Crippen molar-refractivity contribution in [2.24, 2.45) is 5.92 Å². The highest BCUT2D eigenvalue weighted by Crippen LogP contribution is 2.31. The Morgan fingerprint density at radius 3 is 2.48 bits per heavy atom. The van der Waals surface area contributed by atoms with Gasteiger partial charge in [-0.25, -0.2) is 4.79 Å². The highest BCUT2D eigenvalue weighted by Gasteiger charge is 2.26. The fraction of sp³-hybridized carbons (Fsp3) is 0.741. The number of morpholine rings is 1. The van der Waals surface area contributed by atoms with Gasteiger partial charge < -0.3 is 19.9 Å². The third kappa shape index (κ3) is 5.83. The van der Waals surface area contributed by atoms with Gasteiger partial charge in [-0.05, 0) is 87.4 Å². The number of aryl methyl sites for hydroxylation is 1. The molecule has 1 aromatic rings. The second kappa shape index (κ2) is 11.1. The molecule has 0 spiro atoms. The summed E-state index contributed by atoms with van der Waals surface area (Å²) in [6.45, 7) is 8.72. The minimum atomic E-state index is 0.110. The molecule has 1 saturated carbocycles. The maximum Gasteiger partial charge on any atom is 0.317 e. The summed E-state index contributed by atoms with van der Waals surface area (Å²) >= 11 is 0. The molecule has 3 fully saturated rings.